The second-order valence-corrected chi connectivity index (χ2v) is 9.40. The van der Waals surface area contributed by atoms with Gasteiger partial charge in [-0.1, -0.05) is 37.6 Å². The Morgan fingerprint density at radius 1 is 1.18 bits per heavy atom. The Hall–Kier alpha value is -1.99. The molecule has 0 unspecified atom stereocenters. The number of unbranched alkanes of at least 4 members (excludes halogenated alkanes) is 1. The van der Waals surface area contributed by atoms with Crippen LogP contribution < -0.4 is 0 Å². The van der Waals surface area contributed by atoms with Gasteiger partial charge in [0.05, 0.1) is 5.75 Å². The van der Waals surface area contributed by atoms with Crippen molar-refractivity contribution in [2.24, 2.45) is 0 Å². The Labute approximate surface area is 167 Å². The molecule has 1 fully saturated rings. The van der Waals surface area contributed by atoms with Gasteiger partial charge in [0.25, 0.3) is 5.91 Å². The molecule has 2 aromatic rings. The predicted molar refractivity (Wildman–Crippen MR) is 112 cm³/mol. The normalized spacial score (nSPS) is 16.4. The molecule has 1 aromatic heterocycles. The van der Waals surface area contributed by atoms with Crippen molar-refractivity contribution in [2.75, 3.05) is 25.4 Å². The smallest absolute Gasteiger partial charge is 0.272 e. The molecule has 0 spiro atoms. The lowest BCUT2D eigenvalue weighted by Crippen LogP contribution is -2.49. The molecule has 3 rings (SSSR count). The van der Waals surface area contributed by atoms with E-state index in [0.717, 1.165) is 17.2 Å². The molecule has 7 heteroatoms. The van der Waals surface area contributed by atoms with E-state index in [-0.39, 0.29) is 17.7 Å². The van der Waals surface area contributed by atoms with Crippen LogP contribution in [0.25, 0.3) is 10.8 Å². The summed E-state index contributed by atoms with van der Waals surface area (Å²) in [4.78, 5) is 19.3. The number of carbonyl (C=O) groups excluding carboxylic acids is 1. The Balaban J connectivity index is 1.69. The number of pyridine rings is 1. The standard InChI is InChI=1S/C21H29N3O3S/c1-3-5-14-28(26,27)23-12-10-19(11-13-23)24(4-2)21(25)20-15-17-8-6-7-9-18(17)16-22-20/h6-9,15-16,19H,3-5,10-14H2,1-2H3. The molecule has 1 amide bonds. The summed E-state index contributed by atoms with van der Waals surface area (Å²) in [5.41, 5.74) is 0.443. The lowest BCUT2D eigenvalue weighted by molar-refractivity contribution is 0.0626. The minimum atomic E-state index is -3.18. The summed E-state index contributed by atoms with van der Waals surface area (Å²) in [6, 6.07) is 9.73. The van der Waals surface area contributed by atoms with Crippen LogP contribution >= 0.6 is 0 Å². The second kappa shape index (κ2) is 9.01. The van der Waals surface area contributed by atoms with Crippen molar-refractivity contribution in [1.29, 1.82) is 0 Å². The molecule has 1 aliphatic heterocycles. The number of rotatable bonds is 7. The van der Waals surface area contributed by atoms with Gasteiger partial charge in [-0.15, -0.1) is 0 Å². The zero-order valence-corrected chi connectivity index (χ0v) is 17.5. The number of hydrogen-bond donors (Lipinski definition) is 0. The van der Waals surface area contributed by atoms with Crippen molar-refractivity contribution in [3.63, 3.8) is 0 Å². The average molecular weight is 404 g/mol. The van der Waals surface area contributed by atoms with E-state index in [4.69, 9.17) is 0 Å². The maximum Gasteiger partial charge on any atom is 0.272 e. The number of sulfonamides is 1. The highest BCUT2D eigenvalue weighted by Gasteiger charge is 2.32. The molecule has 1 aromatic carbocycles. The summed E-state index contributed by atoms with van der Waals surface area (Å²) < 4.78 is 26.4. The SMILES string of the molecule is CCCCS(=O)(=O)N1CCC(N(CC)C(=O)c2cc3ccccc3cn2)CC1. The third kappa shape index (κ3) is 4.52. The highest BCUT2D eigenvalue weighted by atomic mass is 32.2. The van der Waals surface area contributed by atoms with Gasteiger partial charge in [0.2, 0.25) is 10.0 Å². The zero-order valence-electron chi connectivity index (χ0n) is 16.7. The summed E-state index contributed by atoms with van der Waals surface area (Å²) in [5.74, 6) is 0.131. The summed E-state index contributed by atoms with van der Waals surface area (Å²) in [6.45, 7) is 5.49. The first-order chi connectivity index (χ1) is 13.5. The monoisotopic (exact) mass is 403 g/mol. The number of carbonyl (C=O) groups is 1. The molecular weight excluding hydrogens is 374 g/mol. The van der Waals surface area contributed by atoms with Crippen molar-refractivity contribution in [3.8, 4) is 0 Å². The van der Waals surface area contributed by atoms with Crippen LogP contribution in [0, 0.1) is 0 Å². The van der Waals surface area contributed by atoms with Crippen LogP contribution in [0.5, 0.6) is 0 Å². The van der Waals surface area contributed by atoms with Gasteiger partial charge >= 0.3 is 0 Å². The van der Waals surface area contributed by atoms with Gasteiger partial charge in [-0.3, -0.25) is 9.78 Å². The molecule has 1 saturated heterocycles. The number of hydrogen-bond acceptors (Lipinski definition) is 4. The first kappa shape index (κ1) is 20.7. The Bertz CT molecular complexity index is 921. The van der Waals surface area contributed by atoms with E-state index in [9.17, 15) is 13.2 Å². The summed E-state index contributed by atoms with van der Waals surface area (Å²) in [6.07, 6.45) is 4.62. The second-order valence-electron chi connectivity index (χ2n) is 7.31. The number of fused-ring (bicyclic) bond motifs is 1. The van der Waals surface area contributed by atoms with E-state index >= 15 is 0 Å². The average Bonchev–Trinajstić information content (AvgIpc) is 2.72. The Morgan fingerprint density at radius 2 is 1.86 bits per heavy atom. The van der Waals surface area contributed by atoms with Gasteiger partial charge in [0, 0.05) is 37.3 Å². The van der Waals surface area contributed by atoms with Gasteiger partial charge in [-0.25, -0.2) is 12.7 Å². The number of amides is 1. The lowest BCUT2D eigenvalue weighted by Gasteiger charge is -2.37. The molecule has 28 heavy (non-hydrogen) atoms. The number of aromatic nitrogens is 1. The van der Waals surface area contributed by atoms with E-state index in [1.165, 1.54) is 0 Å². The molecule has 152 valence electrons. The lowest BCUT2D eigenvalue weighted by atomic mass is 10.0. The minimum Gasteiger partial charge on any atom is -0.335 e. The summed E-state index contributed by atoms with van der Waals surface area (Å²) in [5, 5.41) is 2.00. The first-order valence-corrected chi connectivity index (χ1v) is 11.7. The van der Waals surface area contributed by atoms with Crippen LogP contribution in [0.2, 0.25) is 0 Å². The van der Waals surface area contributed by atoms with Crippen molar-refractivity contribution in [1.82, 2.24) is 14.2 Å². The largest absolute Gasteiger partial charge is 0.335 e. The Kier molecular flexibility index (Phi) is 6.67. The number of nitrogens with zero attached hydrogens (tertiary/aromatic N) is 3. The maximum atomic E-state index is 13.1. The third-order valence-electron chi connectivity index (χ3n) is 5.47. The maximum absolute atomic E-state index is 13.1. The highest BCUT2D eigenvalue weighted by Crippen LogP contribution is 2.22. The Morgan fingerprint density at radius 3 is 2.50 bits per heavy atom. The third-order valence-corrected chi connectivity index (χ3v) is 7.42. The van der Waals surface area contributed by atoms with Crippen molar-refractivity contribution < 1.29 is 13.2 Å². The fraction of sp³-hybridized carbons (Fsp3) is 0.524. The molecule has 0 aliphatic carbocycles. The van der Waals surface area contributed by atoms with Crippen LogP contribution in [-0.4, -0.2) is 59.9 Å². The predicted octanol–water partition coefficient (Wildman–Crippen LogP) is 3.29. The fourth-order valence-corrected chi connectivity index (χ4v) is 5.48. The molecule has 0 radical (unpaired) electrons. The molecule has 2 heterocycles. The summed E-state index contributed by atoms with van der Waals surface area (Å²) in [7, 11) is -3.18. The van der Waals surface area contributed by atoms with E-state index in [0.29, 0.717) is 44.6 Å². The van der Waals surface area contributed by atoms with Crippen LogP contribution in [0.1, 0.15) is 50.0 Å². The zero-order chi connectivity index (χ0) is 20.1. The van der Waals surface area contributed by atoms with Gasteiger partial charge in [-0.05, 0) is 37.6 Å². The van der Waals surface area contributed by atoms with Gasteiger partial charge < -0.3 is 4.90 Å². The van der Waals surface area contributed by atoms with E-state index in [2.05, 4.69) is 4.98 Å². The molecule has 1 aliphatic rings. The molecule has 6 nitrogen and oxygen atoms in total. The van der Waals surface area contributed by atoms with E-state index in [1.807, 2.05) is 49.1 Å². The first-order valence-electron chi connectivity index (χ1n) is 10.1. The van der Waals surface area contributed by atoms with E-state index in [1.54, 1.807) is 10.5 Å². The molecule has 0 bridgehead atoms. The molecule has 0 saturated carbocycles. The van der Waals surface area contributed by atoms with Gasteiger partial charge in [-0.2, -0.15) is 0 Å². The number of piperidine rings is 1. The van der Waals surface area contributed by atoms with Gasteiger partial charge in [0.1, 0.15) is 5.69 Å². The quantitative estimate of drug-likeness (QED) is 0.711. The van der Waals surface area contributed by atoms with Crippen LogP contribution in [0.15, 0.2) is 36.5 Å². The molecular formula is C21H29N3O3S. The van der Waals surface area contributed by atoms with Crippen LogP contribution in [0.3, 0.4) is 0 Å². The molecule has 0 N–H and O–H groups in total. The van der Waals surface area contributed by atoms with Crippen LogP contribution in [0.4, 0.5) is 0 Å². The topological polar surface area (TPSA) is 70.6 Å². The van der Waals surface area contributed by atoms with Crippen LogP contribution in [-0.2, 0) is 10.0 Å². The van der Waals surface area contributed by atoms with Crippen molar-refractivity contribution >= 4 is 26.7 Å². The van der Waals surface area contributed by atoms with Crippen molar-refractivity contribution in [3.05, 3.63) is 42.2 Å². The molecule has 0 atom stereocenters. The van der Waals surface area contributed by atoms with Gasteiger partial charge in [0.15, 0.2) is 0 Å². The highest BCUT2D eigenvalue weighted by molar-refractivity contribution is 7.89. The fourth-order valence-electron chi connectivity index (χ4n) is 3.80. The van der Waals surface area contributed by atoms with Crippen molar-refractivity contribution in [2.45, 2.75) is 45.6 Å². The summed E-state index contributed by atoms with van der Waals surface area (Å²) >= 11 is 0. The number of benzene rings is 1. The van der Waals surface area contributed by atoms with E-state index < -0.39 is 10.0 Å². The minimum absolute atomic E-state index is 0.0448.